The minimum Gasteiger partial charge on any atom is -0.241 e. The van der Waals surface area contributed by atoms with Crippen LogP contribution < -0.4 is 0 Å². The van der Waals surface area contributed by atoms with Crippen LogP contribution in [0.3, 0.4) is 0 Å². The van der Waals surface area contributed by atoms with Crippen LogP contribution in [0.5, 0.6) is 0 Å². The maximum absolute atomic E-state index is 3.28. The van der Waals surface area contributed by atoms with Crippen LogP contribution in [-0.4, -0.2) is 0 Å². The number of hydrogen-bond acceptors (Lipinski definition) is 0. The third kappa shape index (κ3) is 2.40. The number of rotatable bonds is 0. The van der Waals surface area contributed by atoms with Gasteiger partial charge in [-0.05, 0) is 0 Å². The van der Waals surface area contributed by atoms with Gasteiger partial charge in [0, 0.05) is 26.2 Å². The van der Waals surface area contributed by atoms with Crippen molar-refractivity contribution in [3.8, 4) is 0 Å². The molecule has 48 valence electrons. The minimum atomic E-state index is 0. The Hall–Kier alpha value is 0.663. The van der Waals surface area contributed by atoms with Gasteiger partial charge in [-0.3, -0.25) is 0 Å². The molecule has 0 aliphatic rings. The maximum atomic E-state index is 3.28. The van der Waals surface area contributed by atoms with E-state index in [2.05, 4.69) is 26.8 Å². The quantitative estimate of drug-likeness (QED) is 0.584. The minimum absolute atomic E-state index is 0. The summed E-state index contributed by atoms with van der Waals surface area (Å²) in [4.78, 5) is 0. The molecule has 0 aliphatic carbocycles. The second-order valence-corrected chi connectivity index (χ2v) is 3.88. The van der Waals surface area contributed by atoms with Gasteiger partial charge in [0.25, 0.3) is 0 Å². The average Bonchev–Trinajstić information content (AvgIpc) is 1.85. The molecule has 0 saturated heterocycles. The van der Waals surface area contributed by atoms with Crippen LogP contribution in [0.25, 0.3) is 0 Å². The van der Waals surface area contributed by atoms with Crippen LogP contribution in [0.1, 0.15) is 16.2 Å². The number of aryl methyl sites for hydroxylation is 3. The van der Waals surface area contributed by atoms with Crippen molar-refractivity contribution in [1.82, 2.24) is 0 Å². The zero-order chi connectivity index (χ0) is 6.15. The standard InChI is InChI=1S/C7H10P.Zr/c1-5-4-6(2)8-7(5)3;/h8H,1-3H3;/q-1;. The summed E-state index contributed by atoms with van der Waals surface area (Å²) in [5.41, 5.74) is 1.35. The summed E-state index contributed by atoms with van der Waals surface area (Å²) in [6.45, 7) is 6.44. The van der Waals surface area contributed by atoms with Crippen molar-refractivity contribution in [3.63, 3.8) is 0 Å². The van der Waals surface area contributed by atoms with Gasteiger partial charge in [0.15, 0.2) is 0 Å². The smallest absolute Gasteiger partial charge is 0 e. The largest absolute Gasteiger partial charge is 0.241 e. The van der Waals surface area contributed by atoms with Gasteiger partial charge in [-0.25, -0.2) is 19.8 Å². The molecule has 0 amide bonds. The molecule has 9 heavy (non-hydrogen) atoms. The maximum Gasteiger partial charge on any atom is 0 e. The molecule has 0 bridgehead atoms. The average molecular weight is 216 g/mol. The molecule has 0 spiro atoms. The molecule has 1 aromatic rings. The zero-order valence-corrected chi connectivity index (χ0v) is 9.46. The van der Waals surface area contributed by atoms with Gasteiger partial charge in [-0.15, -0.1) is 12.2 Å². The summed E-state index contributed by atoms with van der Waals surface area (Å²) < 4.78 is 0. The van der Waals surface area contributed by atoms with Gasteiger partial charge in [0.1, 0.15) is 0 Å². The molecule has 1 unspecified atom stereocenters. The molecule has 0 aliphatic heterocycles. The molecule has 1 rings (SSSR count). The Balaban J connectivity index is 0.000000640. The summed E-state index contributed by atoms with van der Waals surface area (Å²) in [5, 5.41) is 2.91. The van der Waals surface area contributed by atoms with Gasteiger partial charge in [-0.1, -0.05) is 13.8 Å². The van der Waals surface area contributed by atoms with E-state index >= 15 is 0 Å². The van der Waals surface area contributed by atoms with Gasteiger partial charge >= 0.3 is 0 Å². The Morgan fingerprint density at radius 1 is 1.22 bits per heavy atom. The molecular weight excluding hydrogens is 206 g/mol. The van der Waals surface area contributed by atoms with E-state index in [4.69, 9.17) is 0 Å². The van der Waals surface area contributed by atoms with Gasteiger partial charge in [-0.2, -0.15) is 5.30 Å². The Morgan fingerprint density at radius 2 is 1.78 bits per heavy atom. The fourth-order valence-electron chi connectivity index (χ4n) is 0.781. The second kappa shape index (κ2) is 3.74. The van der Waals surface area contributed by atoms with E-state index in [-0.39, 0.29) is 26.2 Å². The summed E-state index contributed by atoms with van der Waals surface area (Å²) in [5.74, 6) is 0. The molecule has 0 aromatic carbocycles. The van der Waals surface area contributed by atoms with Crippen molar-refractivity contribution in [2.75, 3.05) is 0 Å². The predicted octanol–water partition coefficient (Wildman–Crippen LogP) is 2.44. The summed E-state index contributed by atoms with van der Waals surface area (Å²) >= 11 is 0. The van der Waals surface area contributed by atoms with E-state index in [9.17, 15) is 0 Å². The van der Waals surface area contributed by atoms with Crippen LogP contribution in [-0.2, 0) is 26.2 Å². The van der Waals surface area contributed by atoms with Crippen LogP contribution in [0.2, 0.25) is 0 Å². The summed E-state index contributed by atoms with van der Waals surface area (Å²) in [6, 6.07) is 3.28. The van der Waals surface area contributed by atoms with Crippen molar-refractivity contribution >= 4 is 8.19 Å². The van der Waals surface area contributed by atoms with Crippen LogP contribution >= 0.6 is 8.19 Å². The van der Waals surface area contributed by atoms with Crippen molar-refractivity contribution < 1.29 is 26.2 Å². The molecule has 2 heteroatoms. The fraction of sp³-hybridized carbons (Fsp3) is 0.429. The molecule has 0 saturated carbocycles. The number of hydrogen-bond donors (Lipinski definition) is 0. The third-order valence-corrected chi connectivity index (χ3v) is 2.56. The molecule has 0 radical (unpaired) electrons. The topological polar surface area (TPSA) is 0 Å². The van der Waals surface area contributed by atoms with Crippen LogP contribution in [0, 0.1) is 26.8 Å². The molecule has 1 heterocycles. The van der Waals surface area contributed by atoms with Gasteiger partial charge < -0.3 is 0 Å². The third-order valence-electron chi connectivity index (χ3n) is 1.31. The van der Waals surface area contributed by atoms with Gasteiger partial charge in [0.2, 0.25) is 0 Å². The first-order valence-corrected chi connectivity index (χ1v) is 3.75. The summed E-state index contributed by atoms with van der Waals surface area (Å²) in [6.07, 6.45) is 0. The Morgan fingerprint density at radius 3 is 1.89 bits per heavy atom. The van der Waals surface area contributed by atoms with E-state index in [0.717, 1.165) is 8.19 Å². The monoisotopic (exact) mass is 215 g/mol. The van der Waals surface area contributed by atoms with E-state index < -0.39 is 0 Å². The zero-order valence-electron chi connectivity index (χ0n) is 6.00. The molecule has 1 atom stereocenters. The first-order valence-electron chi connectivity index (χ1n) is 2.75. The van der Waals surface area contributed by atoms with E-state index in [1.165, 1.54) is 16.2 Å². The van der Waals surface area contributed by atoms with E-state index in [1.54, 1.807) is 0 Å². The predicted molar refractivity (Wildman–Crippen MR) is 39.0 cm³/mol. The molecule has 1 aromatic heterocycles. The first kappa shape index (κ1) is 9.66. The second-order valence-electron chi connectivity index (χ2n) is 2.12. The Kier molecular flexibility index (Phi) is 4.02. The van der Waals surface area contributed by atoms with Crippen LogP contribution in [0.15, 0.2) is 0 Å². The molecule has 0 N–H and O–H groups in total. The fourth-order valence-corrected chi connectivity index (χ4v) is 1.84. The SMILES string of the molecule is Cc1[c-]c(C)c(C)[pH]1.[Zr]. The van der Waals surface area contributed by atoms with Crippen molar-refractivity contribution in [2.24, 2.45) is 0 Å². The molecule has 0 fully saturated rings. The Labute approximate surface area is 77.3 Å². The Bertz CT molecular complexity index is 171. The molecule has 0 nitrogen and oxygen atoms in total. The summed E-state index contributed by atoms with van der Waals surface area (Å²) in [7, 11) is 0.922. The normalized spacial score (nSPS) is 9.67. The van der Waals surface area contributed by atoms with E-state index in [0.29, 0.717) is 0 Å². The van der Waals surface area contributed by atoms with E-state index in [1.807, 2.05) is 0 Å². The van der Waals surface area contributed by atoms with Crippen molar-refractivity contribution in [1.29, 1.82) is 0 Å². The van der Waals surface area contributed by atoms with Gasteiger partial charge in [0.05, 0.1) is 0 Å². The van der Waals surface area contributed by atoms with Crippen molar-refractivity contribution in [2.45, 2.75) is 20.8 Å². The first-order chi connectivity index (χ1) is 3.70. The van der Waals surface area contributed by atoms with Crippen LogP contribution in [0.4, 0.5) is 0 Å². The molecular formula is C7H10PZr-. The van der Waals surface area contributed by atoms with Crippen molar-refractivity contribution in [3.05, 3.63) is 22.2 Å².